The van der Waals surface area contributed by atoms with E-state index in [2.05, 4.69) is 4.98 Å². The van der Waals surface area contributed by atoms with Crippen molar-refractivity contribution in [2.75, 3.05) is 0 Å². The minimum Gasteiger partial charge on any atom is -0.353 e. The zero-order valence-electron chi connectivity index (χ0n) is 10.3. The van der Waals surface area contributed by atoms with E-state index in [1.165, 1.54) is 0 Å². The number of hydrogen-bond acceptors (Lipinski definition) is 2. The molecule has 3 rings (SSSR count). The van der Waals surface area contributed by atoms with Crippen molar-refractivity contribution in [3.8, 4) is 23.4 Å². The minimum atomic E-state index is 0.334. The topological polar surface area (TPSA) is 63.4 Å². The van der Waals surface area contributed by atoms with Gasteiger partial charge in [-0.05, 0) is 17.7 Å². The first kappa shape index (κ1) is 12.3. The van der Waals surface area contributed by atoms with Crippen molar-refractivity contribution in [2.45, 2.75) is 0 Å². The van der Waals surface area contributed by atoms with Crippen molar-refractivity contribution in [2.24, 2.45) is 0 Å². The van der Waals surface area contributed by atoms with Crippen molar-refractivity contribution in [1.29, 1.82) is 10.5 Å². The van der Waals surface area contributed by atoms with Crippen molar-refractivity contribution >= 4 is 22.5 Å². The number of benzene rings is 2. The van der Waals surface area contributed by atoms with Crippen LogP contribution in [0.2, 0.25) is 5.02 Å². The molecular formula is C16H8ClN3. The Balaban J connectivity index is 2.32. The molecule has 3 aromatic rings. The zero-order chi connectivity index (χ0) is 14.1. The Bertz CT molecular complexity index is 880. The van der Waals surface area contributed by atoms with E-state index >= 15 is 0 Å². The molecule has 0 aliphatic rings. The number of H-pyrrole nitrogens is 1. The van der Waals surface area contributed by atoms with Gasteiger partial charge in [-0.3, -0.25) is 0 Å². The summed E-state index contributed by atoms with van der Waals surface area (Å²) < 4.78 is 0. The molecule has 0 radical (unpaired) electrons. The molecule has 0 bridgehead atoms. The van der Waals surface area contributed by atoms with Gasteiger partial charge in [0.1, 0.15) is 12.1 Å². The van der Waals surface area contributed by atoms with Crippen LogP contribution in [0.4, 0.5) is 0 Å². The summed E-state index contributed by atoms with van der Waals surface area (Å²) in [5.74, 6) is 0. The quantitative estimate of drug-likeness (QED) is 0.723. The lowest BCUT2D eigenvalue weighted by molar-refractivity contribution is 1.42. The molecule has 4 heteroatoms. The minimum absolute atomic E-state index is 0.334. The fraction of sp³-hybridized carbons (Fsp3) is 0. The monoisotopic (exact) mass is 277 g/mol. The van der Waals surface area contributed by atoms with Gasteiger partial charge in [0, 0.05) is 10.9 Å². The highest BCUT2D eigenvalue weighted by atomic mass is 35.5. The van der Waals surface area contributed by atoms with Gasteiger partial charge in [-0.25, -0.2) is 0 Å². The summed E-state index contributed by atoms with van der Waals surface area (Å²) in [5.41, 5.74) is 3.19. The molecule has 0 fully saturated rings. The Labute approximate surface area is 120 Å². The van der Waals surface area contributed by atoms with E-state index in [1.54, 1.807) is 12.1 Å². The summed E-state index contributed by atoms with van der Waals surface area (Å²) in [6.45, 7) is 0. The second-order valence-corrected chi connectivity index (χ2v) is 4.72. The molecule has 0 aliphatic carbocycles. The summed E-state index contributed by atoms with van der Waals surface area (Å²) in [6, 6.07) is 17.0. The maximum absolute atomic E-state index is 9.07. The molecule has 1 heterocycles. The van der Waals surface area contributed by atoms with Gasteiger partial charge in [0.15, 0.2) is 0 Å². The predicted octanol–water partition coefficient (Wildman–Crippen LogP) is 4.23. The van der Waals surface area contributed by atoms with Crippen molar-refractivity contribution in [3.05, 3.63) is 58.6 Å². The summed E-state index contributed by atoms with van der Waals surface area (Å²) in [7, 11) is 0. The lowest BCUT2D eigenvalue weighted by Gasteiger charge is -1.97. The van der Waals surface area contributed by atoms with Crippen LogP contribution in [0.5, 0.6) is 0 Å². The smallest absolute Gasteiger partial charge is 0.101 e. The van der Waals surface area contributed by atoms with Crippen molar-refractivity contribution < 1.29 is 0 Å². The molecule has 0 saturated heterocycles. The third-order valence-electron chi connectivity index (χ3n) is 3.18. The number of nitrogens with zero attached hydrogens (tertiary/aromatic N) is 2. The number of fused-ring (bicyclic) bond motifs is 1. The van der Waals surface area contributed by atoms with E-state index in [4.69, 9.17) is 22.1 Å². The largest absolute Gasteiger partial charge is 0.353 e. The highest BCUT2D eigenvalue weighted by Gasteiger charge is 2.14. The Hall–Kier alpha value is -2.75. The van der Waals surface area contributed by atoms with E-state index in [1.807, 2.05) is 42.5 Å². The molecule has 0 aliphatic heterocycles. The van der Waals surface area contributed by atoms with Crippen LogP contribution in [0.25, 0.3) is 22.2 Å². The summed E-state index contributed by atoms with van der Waals surface area (Å²) >= 11 is 6.39. The molecule has 1 aromatic heterocycles. The molecule has 3 nitrogen and oxygen atoms in total. The van der Waals surface area contributed by atoms with Gasteiger partial charge in [-0.15, -0.1) is 0 Å². The maximum Gasteiger partial charge on any atom is 0.101 e. The second-order valence-electron chi connectivity index (χ2n) is 4.35. The van der Waals surface area contributed by atoms with E-state index in [9.17, 15) is 0 Å². The fourth-order valence-corrected chi connectivity index (χ4v) is 2.51. The maximum atomic E-state index is 9.07. The van der Waals surface area contributed by atoms with Crippen LogP contribution in [0, 0.1) is 22.7 Å². The molecule has 0 unspecified atom stereocenters. The number of halogens is 1. The Morgan fingerprint density at radius 2 is 1.60 bits per heavy atom. The van der Waals surface area contributed by atoms with Crippen LogP contribution in [0.3, 0.4) is 0 Å². The van der Waals surface area contributed by atoms with Gasteiger partial charge < -0.3 is 4.98 Å². The predicted molar refractivity (Wildman–Crippen MR) is 78.2 cm³/mol. The number of nitrogens with one attached hydrogen (secondary N) is 1. The van der Waals surface area contributed by atoms with Gasteiger partial charge in [-0.2, -0.15) is 10.5 Å². The van der Waals surface area contributed by atoms with E-state index in [0.717, 1.165) is 22.2 Å². The first-order valence-electron chi connectivity index (χ1n) is 5.95. The van der Waals surface area contributed by atoms with Crippen molar-refractivity contribution in [1.82, 2.24) is 4.98 Å². The average molecular weight is 278 g/mol. The van der Waals surface area contributed by atoms with Gasteiger partial charge in [0.05, 0.1) is 21.8 Å². The van der Waals surface area contributed by atoms with Gasteiger partial charge in [0.25, 0.3) is 0 Å². The Morgan fingerprint density at radius 3 is 2.25 bits per heavy atom. The number of nitriles is 2. The zero-order valence-corrected chi connectivity index (χ0v) is 11.1. The molecule has 0 spiro atoms. The normalized spacial score (nSPS) is 10.2. The molecule has 2 aromatic carbocycles. The first-order chi connectivity index (χ1) is 9.74. The first-order valence-corrected chi connectivity index (χ1v) is 6.33. The molecule has 0 atom stereocenters. The lowest BCUT2D eigenvalue weighted by Crippen LogP contribution is -1.83. The van der Waals surface area contributed by atoms with Crippen LogP contribution in [0.15, 0.2) is 42.5 Å². The fourth-order valence-electron chi connectivity index (χ4n) is 2.20. The van der Waals surface area contributed by atoms with Crippen LogP contribution in [-0.2, 0) is 0 Å². The number of hydrogen-bond donors (Lipinski definition) is 1. The van der Waals surface area contributed by atoms with E-state index < -0.39 is 0 Å². The molecule has 94 valence electrons. The van der Waals surface area contributed by atoms with Crippen LogP contribution >= 0.6 is 11.6 Å². The average Bonchev–Trinajstić information content (AvgIpc) is 2.83. The van der Waals surface area contributed by atoms with Crippen LogP contribution < -0.4 is 0 Å². The van der Waals surface area contributed by atoms with Crippen LogP contribution in [-0.4, -0.2) is 4.98 Å². The molecular weight excluding hydrogens is 270 g/mol. The number of aromatic nitrogens is 1. The molecule has 20 heavy (non-hydrogen) atoms. The van der Waals surface area contributed by atoms with Crippen molar-refractivity contribution in [3.63, 3.8) is 0 Å². The number of rotatable bonds is 1. The summed E-state index contributed by atoms with van der Waals surface area (Å²) in [6.07, 6.45) is 0. The third kappa shape index (κ3) is 1.82. The van der Waals surface area contributed by atoms with Gasteiger partial charge in [-0.1, -0.05) is 41.9 Å². The van der Waals surface area contributed by atoms with Gasteiger partial charge >= 0.3 is 0 Å². The summed E-state index contributed by atoms with van der Waals surface area (Å²) in [5, 5.41) is 19.4. The molecule has 0 saturated carbocycles. The third-order valence-corrected chi connectivity index (χ3v) is 3.57. The van der Waals surface area contributed by atoms with Crippen LogP contribution in [0.1, 0.15) is 11.1 Å². The Kier molecular flexibility index (Phi) is 2.91. The van der Waals surface area contributed by atoms with Gasteiger partial charge in [0.2, 0.25) is 0 Å². The lowest BCUT2D eigenvalue weighted by atomic mass is 10.1. The highest BCUT2D eigenvalue weighted by Crippen LogP contribution is 2.35. The standard InChI is InChI=1S/C16H8ClN3/c17-15-13-6-11(8-18)12(9-19)7-14(13)20-16(15)10-4-2-1-3-5-10/h1-7,20H. The molecule has 0 amide bonds. The second kappa shape index (κ2) is 4.74. The Morgan fingerprint density at radius 1 is 0.950 bits per heavy atom. The van der Waals surface area contributed by atoms with E-state index in [-0.39, 0.29) is 0 Å². The summed E-state index contributed by atoms with van der Waals surface area (Å²) in [4.78, 5) is 3.21. The molecule has 1 N–H and O–H groups in total. The number of aromatic amines is 1. The highest BCUT2D eigenvalue weighted by molar-refractivity contribution is 6.38. The van der Waals surface area contributed by atoms with E-state index in [0.29, 0.717) is 16.1 Å². The SMILES string of the molecule is N#Cc1cc2[nH]c(-c3ccccc3)c(Cl)c2cc1C#N.